The largest absolute Gasteiger partial charge is 0.261 e. The number of allylic oxidation sites excluding steroid dienone is 2. The number of nitrogens with zero attached hydrogens (tertiary/aromatic N) is 1. The molecule has 1 aromatic rings. The van der Waals surface area contributed by atoms with Gasteiger partial charge in [-0.1, -0.05) is 17.7 Å². The van der Waals surface area contributed by atoms with Crippen molar-refractivity contribution in [1.29, 1.82) is 0 Å². The summed E-state index contributed by atoms with van der Waals surface area (Å²) in [5.74, 6) is 0.659. The van der Waals surface area contributed by atoms with Gasteiger partial charge in [0.1, 0.15) is 0 Å². The highest BCUT2D eigenvalue weighted by molar-refractivity contribution is 5.16. The Balaban J connectivity index is 2.15. The lowest BCUT2D eigenvalue weighted by molar-refractivity contribution is 0.581. The average molecular weight is 173 g/mol. The Morgan fingerprint density at radius 2 is 2.31 bits per heavy atom. The van der Waals surface area contributed by atoms with Crippen molar-refractivity contribution in [1.82, 2.24) is 4.98 Å². The summed E-state index contributed by atoms with van der Waals surface area (Å²) in [6.07, 6.45) is 7.90. The highest BCUT2D eigenvalue weighted by Gasteiger charge is 2.15. The summed E-state index contributed by atoms with van der Waals surface area (Å²) in [5, 5.41) is 0. The van der Waals surface area contributed by atoms with Gasteiger partial charge in [-0.05, 0) is 38.3 Å². The molecule has 0 saturated heterocycles. The van der Waals surface area contributed by atoms with Crippen molar-refractivity contribution in [3.63, 3.8) is 0 Å². The lowest BCUT2D eigenvalue weighted by Gasteiger charge is -2.20. The summed E-state index contributed by atoms with van der Waals surface area (Å²) in [4.78, 5) is 4.41. The maximum atomic E-state index is 4.41. The van der Waals surface area contributed by atoms with Crippen LogP contribution in [0.2, 0.25) is 0 Å². The van der Waals surface area contributed by atoms with Crippen LogP contribution in [0.1, 0.15) is 37.8 Å². The fraction of sp³-hybridized carbons (Fsp3) is 0.417. The van der Waals surface area contributed by atoms with Crippen LogP contribution in [0.5, 0.6) is 0 Å². The second-order valence-electron chi connectivity index (χ2n) is 3.78. The first-order chi connectivity index (χ1) is 6.36. The van der Waals surface area contributed by atoms with Crippen LogP contribution in [0.25, 0.3) is 0 Å². The normalized spacial score (nSPS) is 22.5. The van der Waals surface area contributed by atoms with Crippen LogP contribution in [0.15, 0.2) is 36.0 Å². The first-order valence-electron chi connectivity index (χ1n) is 4.93. The van der Waals surface area contributed by atoms with Gasteiger partial charge in [-0.25, -0.2) is 0 Å². The zero-order chi connectivity index (χ0) is 9.10. The topological polar surface area (TPSA) is 12.9 Å². The van der Waals surface area contributed by atoms with Gasteiger partial charge in [0.15, 0.2) is 0 Å². The van der Waals surface area contributed by atoms with E-state index >= 15 is 0 Å². The van der Waals surface area contributed by atoms with E-state index in [0.29, 0.717) is 5.92 Å². The predicted molar refractivity (Wildman–Crippen MR) is 54.6 cm³/mol. The molecule has 0 N–H and O–H groups in total. The van der Waals surface area contributed by atoms with Crippen molar-refractivity contribution in [2.24, 2.45) is 0 Å². The van der Waals surface area contributed by atoms with Crippen LogP contribution in [0.4, 0.5) is 0 Å². The second kappa shape index (κ2) is 3.73. The Bertz CT molecular complexity index is 300. The molecule has 1 nitrogen and oxygen atoms in total. The van der Waals surface area contributed by atoms with Gasteiger partial charge in [0.25, 0.3) is 0 Å². The third-order valence-corrected chi connectivity index (χ3v) is 2.68. The van der Waals surface area contributed by atoms with Gasteiger partial charge in [-0.2, -0.15) is 0 Å². The van der Waals surface area contributed by atoms with Gasteiger partial charge in [0.05, 0.1) is 0 Å². The van der Waals surface area contributed by atoms with Gasteiger partial charge in [0.2, 0.25) is 0 Å². The van der Waals surface area contributed by atoms with E-state index in [1.165, 1.54) is 30.5 Å². The molecule has 1 aliphatic carbocycles. The molecular formula is C12H15N. The van der Waals surface area contributed by atoms with E-state index in [9.17, 15) is 0 Å². The van der Waals surface area contributed by atoms with Crippen molar-refractivity contribution in [3.05, 3.63) is 41.7 Å². The number of aromatic nitrogens is 1. The van der Waals surface area contributed by atoms with Crippen LogP contribution in [-0.4, -0.2) is 4.98 Å². The molecule has 1 unspecified atom stereocenters. The number of hydrogen-bond donors (Lipinski definition) is 0. The highest BCUT2D eigenvalue weighted by Crippen LogP contribution is 2.30. The summed E-state index contributed by atoms with van der Waals surface area (Å²) in [6.45, 7) is 2.22. The standard InChI is InChI=1S/C12H15N/c1-10-5-4-6-11(9-10)12-7-2-3-8-13-12/h2-3,5,7-8,11H,4,6,9H2,1H3. The number of pyridine rings is 1. The molecule has 1 atom stereocenters. The fourth-order valence-electron chi connectivity index (χ4n) is 1.97. The smallest absolute Gasteiger partial charge is 0.0437 e. The van der Waals surface area contributed by atoms with Crippen molar-refractivity contribution < 1.29 is 0 Å². The van der Waals surface area contributed by atoms with E-state index < -0.39 is 0 Å². The summed E-state index contributed by atoms with van der Waals surface area (Å²) >= 11 is 0. The van der Waals surface area contributed by atoms with Crippen LogP contribution < -0.4 is 0 Å². The Morgan fingerprint density at radius 3 is 3.00 bits per heavy atom. The molecule has 68 valence electrons. The maximum Gasteiger partial charge on any atom is 0.0437 e. The number of rotatable bonds is 1. The minimum absolute atomic E-state index is 0.659. The Morgan fingerprint density at radius 1 is 1.38 bits per heavy atom. The SMILES string of the molecule is CC1=CCCC(c2ccccn2)C1. The third-order valence-electron chi connectivity index (χ3n) is 2.68. The zero-order valence-electron chi connectivity index (χ0n) is 8.03. The molecule has 0 radical (unpaired) electrons. The molecule has 1 aliphatic rings. The van der Waals surface area contributed by atoms with Crippen molar-refractivity contribution in [2.45, 2.75) is 32.1 Å². The molecule has 13 heavy (non-hydrogen) atoms. The van der Waals surface area contributed by atoms with E-state index in [4.69, 9.17) is 0 Å². The maximum absolute atomic E-state index is 4.41. The first kappa shape index (κ1) is 8.49. The predicted octanol–water partition coefficient (Wildman–Crippen LogP) is 3.30. The molecule has 1 heterocycles. The molecule has 0 aliphatic heterocycles. The molecular weight excluding hydrogens is 158 g/mol. The molecule has 0 bridgehead atoms. The molecule has 0 fully saturated rings. The second-order valence-corrected chi connectivity index (χ2v) is 3.78. The van der Waals surface area contributed by atoms with Crippen LogP contribution in [0, 0.1) is 0 Å². The van der Waals surface area contributed by atoms with E-state index in [1.54, 1.807) is 0 Å². The van der Waals surface area contributed by atoms with Gasteiger partial charge in [0, 0.05) is 17.8 Å². The molecule has 1 aromatic heterocycles. The summed E-state index contributed by atoms with van der Waals surface area (Å²) in [6, 6.07) is 6.20. The molecule has 0 aromatic carbocycles. The first-order valence-corrected chi connectivity index (χ1v) is 4.93. The quantitative estimate of drug-likeness (QED) is 0.594. The number of hydrogen-bond acceptors (Lipinski definition) is 1. The monoisotopic (exact) mass is 173 g/mol. The van der Waals surface area contributed by atoms with Crippen molar-refractivity contribution >= 4 is 0 Å². The molecule has 0 spiro atoms. The van der Waals surface area contributed by atoms with E-state index in [1.807, 2.05) is 12.3 Å². The van der Waals surface area contributed by atoms with E-state index in [-0.39, 0.29) is 0 Å². The third kappa shape index (κ3) is 1.97. The average Bonchev–Trinajstić information content (AvgIpc) is 2.19. The minimum atomic E-state index is 0.659. The molecule has 0 amide bonds. The lowest BCUT2D eigenvalue weighted by Crippen LogP contribution is -2.05. The summed E-state index contributed by atoms with van der Waals surface area (Å²) < 4.78 is 0. The molecule has 1 heteroatoms. The summed E-state index contributed by atoms with van der Waals surface area (Å²) in [7, 11) is 0. The van der Waals surface area contributed by atoms with Gasteiger partial charge in [-0.15, -0.1) is 0 Å². The van der Waals surface area contributed by atoms with Gasteiger partial charge >= 0.3 is 0 Å². The Kier molecular flexibility index (Phi) is 2.44. The van der Waals surface area contributed by atoms with Gasteiger partial charge < -0.3 is 0 Å². The van der Waals surface area contributed by atoms with Crippen molar-refractivity contribution in [3.8, 4) is 0 Å². The lowest BCUT2D eigenvalue weighted by atomic mass is 9.87. The zero-order valence-corrected chi connectivity index (χ0v) is 8.03. The Hall–Kier alpha value is -1.11. The molecule has 0 saturated carbocycles. The van der Waals surface area contributed by atoms with Gasteiger partial charge in [-0.3, -0.25) is 4.98 Å². The van der Waals surface area contributed by atoms with Crippen LogP contribution >= 0.6 is 0 Å². The Labute approximate surface area is 79.5 Å². The minimum Gasteiger partial charge on any atom is -0.261 e. The van der Waals surface area contributed by atoms with Crippen LogP contribution in [-0.2, 0) is 0 Å². The fourth-order valence-corrected chi connectivity index (χ4v) is 1.97. The van der Waals surface area contributed by atoms with Crippen LogP contribution in [0.3, 0.4) is 0 Å². The molecule has 2 rings (SSSR count). The van der Waals surface area contributed by atoms with E-state index in [2.05, 4.69) is 30.1 Å². The highest BCUT2D eigenvalue weighted by atomic mass is 14.7. The van der Waals surface area contributed by atoms with E-state index in [0.717, 1.165) is 0 Å². The van der Waals surface area contributed by atoms with Crippen molar-refractivity contribution in [2.75, 3.05) is 0 Å². The summed E-state index contributed by atoms with van der Waals surface area (Å²) in [5.41, 5.74) is 2.77.